The Kier molecular flexibility index (Phi) is 4.33. The molecule has 0 unspecified atom stereocenters. The van der Waals surface area contributed by atoms with Crippen molar-refractivity contribution in [1.29, 1.82) is 0 Å². The summed E-state index contributed by atoms with van der Waals surface area (Å²) in [5.74, 6) is 0.185. The highest BCUT2D eigenvalue weighted by atomic mass is 16.2. The van der Waals surface area contributed by atoms with Gasteiger partial charge in [-0.25, -0.2) is 0 Å². The van der Waals surface area contributed by atoms with Crippen molar-refractivity contribution < 1.29 is 4.79 Å². The van der Waals surface area contributed by atoms with Crippen LogP contribution in [0.4, 0.5) is 0 Å². The third kappa shape index (κ3) is 3.02. The summed E-state index contributed by atoms with van der Waals surface area (Å²) in [6.45, 7) is 6.28. The molecule has 2 fully saturated rings. The molecule has 0 saturated carbocycles. The standard InChI is InChI=1S/C16H23N3O/c20-16(14-4-2-1-3-5-14)19-10-6-15(7-11-19)18-12-8-17-9-13-18/h1-5,15,17H,6-13H2. The van der Waals surface area contributed by atoms with Gasteiger partial charge in [-0.15, -0.1) is 0 Å². The number of piperidine rings is 1. The molecular weight excluding hydrogens is 250 g/mol. The van der Waals surface area contributed by atoms with Crippen molar-refractivity contribution in [3.05, 3.63) is 35.9 Å². The summed E-state index contributed by atoms with van der Waals surface area (Å²) in [7, 11) is 0. The van der Waals surface area contributed by atoms with E-state index in [1.807, 2.05) is 35.2 Å². The van der Waals surface area contributed by atoms with Crippen LogP contribution in [-0.4, -0.2) is 61.0 Å². The van der Waals surface area contributed by atoms with Gasteiger partial charge in [0.05, 0.1) is 0 Å². The molecule has 0 aliphatic carbocycles. The molecule has 1 N–H and O–H groups in total. The largest absolute Gasteiger partial charge is 0.339 e. The number of amides is 1. The molecule has 2 aliphatic heterocycles. The Balaban J connectivity index is 1.54. The lowest BCUT2D eigenvalue weighted by atomic mass is 10.0. The van der Waals surface area contributed by atoms with Crippen LogP contribution in [0.2, 0.25) is 0 Å². The summed E-state index contributed by atoms with van der Waals surface area (Å²) in [5, 5.41) is 3.40. The van der Waals surface area contributed by atoms with Crippen molar-refractivity contribution in [3.63, 3.8) is 0 Å². The number of carbonyl (C=O) groups is 1. The van der Waals surface area contributed by atoms with Crippen LogP contribution >= 0.6 is 0 Å². The molecule has 108 valence electrons. The molecule has 20 heavy (non-hydrogen) atoms. The van der Waals surface area contributed by atoms with E-state index in [9.17, 15) is 4.79 Å². The van der Waals surface area contributed by atoms with E-state index in [2.05, 4.69) is 10.2 Å². The maximum atomic E-state index is 12.4. The SMILES string of the molecule is O=C(c1ccccc1)N1CCC(N2CCNCC2)CC1. The maximum absolute atomic E-state index is 12.4. The topological polar surface area (TPSA) is 35.6 Å². The normalized spacial score (nSPS) is 21.9. The molecular formula is C16H23N3O. The van der Waals surface area contributed by atoms with Crippen molar-refractivity contribution in [2.45, 2.75) is 18.9 Å². The summed E-state index contributed by atoms with van der Waals surface area (Å²) < 4.78 is 0. The van der Waals surface area contributed by atoms with Crippen molar-refractivity contribution >= 4 is 5.91 Å². The molecule has 0 spiro atoms. The number of rotatable bonds is 2. The third-order valence-corrected chi connectivity index (χ3v) is 4.44. The van der Waals surface area contributed by atoms with Crippen molar-refractivity contribution in [3.8, 4) is 0 Å². The van der Waals surface area contributed by atoms with Crippen LogP contribution in [0.15, 0.2) is 30.3 Å². The van der Waals surface area contributed by atoms with E-state index in [0.29, 0.717) is 6.04 Å². The van der Waals surface area contributed by atoms with E-state index < -0.39 is 0 Å². The molecule has 2 heterocycles. The Bertz CT molecular complexity index is 434. The van der Waals surface area contributed by atoms with E-state index in [1.165, 1.54) is 0 Å². The minimum Gasteiger partial charge on any atom is -0.339 e. The van der Waals surface area contributed by atoms with Gasteiger partial charge in [-0.05, 0) is 25.0 Å². The first-order chi connectivity index (χ1) is 9.84. The second-order valence-electron chi connectivity index (χ2n) is 5.68. The van der Waals surface area contributed by atoms with Gasteiger partial charge in [-0.2, -0.15) is 0 Å². The van der Waals surface area contributed by atoms with E-state index in [4.69, 9.17) is 0 Å². The first kappa shape index (κ1) is 13.6. The predicted molar refractivity (Wildman–Crippen MR) is 79.8 cm³/mol. The van der Waals surface area contributed by atoms with Crippen molar-refractivity contribution in [1.82, 2.24) is 15.1 Å². The molecule has 4 heteroatoms. The van der Waals surface area contributed by atoms with Gasteiger partial charge in [-0.1, -0.05) is 18.2 Å². The van der Waals surface area contributed by atoms with Gasteiger partial charge in [0, 0.05) is 50.9 Å². The molecule has 1 aromatic carbocycles. The summed E-state index contributed by atoms with van der Waals surface area (Å²) in [6.07, 6.45) is 2.22. The third-order valence-electron chi connectivity index (χ3n) is 4.44. The number of nitrogens with zero attached hydrogens (tertiary/aromatic N) is 2. The first-order valence-corrected chi connectivity index (χ1v) is 7.64. The lowest BCUT2D eigenvalue weighted by Crippen LogP contribution is -2.52. The smallest absolute Gasteiger partial charge is 0.253 e. The fourth-order valence-corrected chi connectivity index (χ4v) is 3.24. The van der Waals surface area contributed by atoms with Gasteiger partial charge in [0.1, 0.15) is 0 Å². The number of hydrogen-bond donors (Lipinski definition) is 1. The Hall–Kier alpha value is -1.39. The summed E-state index contributed by atoms with van der Waals surface area (Å²) in [6, 6.07) is 10.3. The minimum atomic E-state index is 0.185. The van der Waals surface area contributed by atoms with Gasteiger partial charge >= 0.3 is 0 Å². The Morgan fingerprint density at radius 1 is 1.00 bits per heavy atom. The first-order valence-electron chi connectivity index (χ1n) is 7.64. The van der Waals surface area contributed by atoms with Crippen LogP contribution < -0.4 is 5.32 Å². The summed E-state index contributed by atoms with van der Waals surface area (Å²) in [5.41, 5.74) is 0.813. The molecule has 1 amide bonds. The van der Waals surface area contributed by atoms with E-state index in [1.54, 1.807) is 0 Å². The van der Waals surface area contributed by atoms with Crippen molar-refractivity contribution in [2.24, 2.45) is 0 Å². The van der Waals surface area contributed by atoms with Crippen LogP contribution in [0, 0.1) is 0 Å². The highest BCUT2D eigenvalue weighted by Gasteiger charge is 2.27. The fraction of sp³-hybridized carbons (Fsp3) is 0.562. The maximum Gasteiger partial charge on any atom is 0.253 e. The average Bonchev–Trinajstić information content (AvgIpc) is 2.56. The molecule has 2 aliphatic rings. The monoisotopic (exact) mass is 273 g/mol. The summed E-state index contributed by atoms with van der Waals surface area (Å²) >= 11 is 0. The van der Waals surface area contributed by atoms with Crippen LogP contribution in [-0.2, 0) is 0 Å². The van der Waals surface area contributed by atoms with Crippen LogP contribution in [0.3, 0.4) is 0 Å². The van der Waals surface area contributed by atoms with E-state index in [-0.39, 0.29) is 5.91 Å². The molecule has 1 aromatic rings. The second kappa shape index (κ2) is 6.37. The predicted octanol–water partition coefficient (Wildman–Crippen LogP) is 1.20. The molecule has 3 rings (SSSR count). The van der Waals surface area contributed by atoms with Gasteiger partial charge in [-0.3, -0.25) is 9.69 Å². The zero-order valence-corrected chi connectivity index (χ0v) is 11.9. The highest BCUT2D eigenvalue weighted by Crippen LogP contribution is 2.18. The van der Waals surface area contributed by atoms with Gasteiger partial charge in [0.2, 0.25) is 0 Å². The molecule has 0 atom stereocenters. The molecule has 4 nitrogen and oxygen atoms in total. The summed E-state index contributed by atoms with van der Waals surface area (Å²) in [4.78, 5) is 17.0. The number of nitrogens with one attached hydrogen (secondary N) is 1. The number of hydrogen-bond acceptors (Lipinski definition) is 3. The lowest BCUT2D eigenvalue weighted by molar-refractivity contribution is 0.0601. The quantitative estimate of drug-likeness (QED) is 0.879. The van der Waals surface area contributed by atoms with Gasteiger partial charge in [0.15, 0.2) is 0 Å². The Morgan fingerprint density at radius 2 is 1.65 bits per heavy atom. The van der Waals surface area contributed by atoms with E-state index in [0.717, 1.165) is 57.7 Å². The number of likely N-dealkylation sites (tertiary alicyclic amines) is 1. The molecule has 0 radical (unpaired) electrons. The van der Waals surface area contributed by atoms with Gasteiger partial charge < -0.3 is 10.2 Å². The Morgan fingerprint density at radius 3 is 2.30 bits per heavy atom. The van der Waals surface area contributed by atoms with Crippen molar-refractivity contribution in [2.75, 3.05) is 39.3 Å². The number of benzene rings is 1. The lowest BCUT2D eigenvalue weighted by Gasteiger charge is -2.40. The zero-order valence-electron chi connectivity index (χ0n) is 11.9. The molecule has 2 saturated heterocycles. The number of carbonyl (C=O) groups excluding carboxylic acids is 1. The zero-order chi connectivity index (χ0) is 13.8. The molecule has 0 aromatic heterocycles. The van der Waals surface area contributed by atoms with Crippen LogP contribution in [0.5, 0.6) is 0 Å². The van der Waals surface area contributed by atoms with Gasteiger partial charge in [0.25, 0.3) is 5.91 Å². The fourth-order valence-electron chi connectivity index (χ4n) is 3.24. The molecule has 0 bridgehead atoms. The highest BCUT2D eigenvalue weighted by molar-refractivity contribution is 5.94. The minimum absolute atomic E-state index is 0.185. The second-order valence-corrected chi connectivity index (χ2v) is 5.68. The average molecular weight is 273 g/mol. The number of piperazine rings is 1. The van der Waals surface area contributed by atoms with Crippen LogP contribution in [0.25, 0.3) is 0 Å². The van der Waals surface area contributed by atoms with E-state index >= 15 is 0 Å². The Labute approximate surface area is 120 Å². The van der Waals surface area contributed by atoms with Crippen LogP contribution in [0.1, 0.15) is 23.2 Å².